The first-order chi connectivity index (χ1) is 9.64. The van der Waals surface area contributed by atoms with Crippen LogP contribution in [0, 0.1) is 12.3 Å². The maximum absolute atomic E-state index is 11.3. The van der Waals surface area contributed by atoms with Crippen molar-refractivity contribution in [1.82, 2.24) is 0 Å². The summed E-state index contributed by atoms with van der Waals surface area (Å²) in [4.78, 5) is -2.35. The quantitative estimate of drug-likeness (QED) is 0.353. The average molecular weight is 429 g/mol. The lowest BCUT2D eigenvalue weighted by atomic mass is 10.2. The molecule has 0 heterocycles. The molecule has 0 unspecified atom stereocenters. The Bertz CT molecular complexity index is 1020. The van der Waals surface area contributed by atoms with Crippen LogP contribution >= 0.6 is 11.6 Å². The first kappa shape index (κ1) is 21.9. The van der Waals surface area contributed by atoms with Gasteiger partial charge in [0.05, 0.1) is 10.6 Å². The van der Waals surface area contributed by atoms with Gasteiger partial charge in [0.1, 0.15) is 9.79 Å². The third-order valence-electron chi connectivity index (χ3n) is 2.39. The molecule has 130 valence electrons. The molecule has 23 heavy (non-hydrogen) atoms. The van der Waals surface area contributed by atoms with Gasteiger partial charge >= 0.3 is 15.8 Å². The van der Waals surface area contributed by atoms with E-state index in [0.717, 1.165) is 6.92 Å². The molecule has 11 nitrogen and oxygen atoms in total. The van der Waals surface area contributed by atoms with Gasteiger partial charge in [0.25, 0.3) is 20.2 Å². The van der Waals surface area contributed by atoms with Gasteiger partial charge in [0, 0.05) is 0 Å². The standard InChI is InChI=1S/C7H5ClN2O9S3.ClH/c1-2-4(10-9)7(22(17,18)19)6(21(14,15)16)3(8)5(2)20(11,12)13;/h1H3,(H2-,11,12,13,14,15,16,17,18,19);1H. The molecular formula is C7H6Cl2N2O9S3. The molecule has 0 aliphatic rings. The molecular weight excluding hydrogens is 423 g/mol. The molecule has 3 N–H and O–H groups in total. The summed E-state index contributed by atoms with van der Waals surface area (Å²) in [6.45, 7) is 0.812. The smallest absolute Gasteiger partial charge is 0.411 e. The summed E-state index contributed by atoms with van der Waals surface area (Å²) in [6.07, 6.45) is 0. The minimum absolute atomic E-state index is 0. The van der Waals surface area contributed by atoms with E-state index in [1.807, 2.05) is 0 Å². The molecule has 0 aromatic heterocycles. The Balaban J connectivity index is 0.00000484. The van der Waals surface area contributed by atoms with Crippen molar-refractivity contribution >= 4 is 47.6 Å². The predicted octanol–water partition coefficient (Wildman–Crippen LogP) is -2.12. The fraction of sp³-hybridized carbons (Fsp3) is 0.143. The van der Waals surface area contributed by atoms with Gasteiger partial charge in [-0.15, -0.1) is 0 Å². The second-order valence-electron chi connectivity index (χ2n) is 3.80. The number of hydrogen-bond acceptors (Lipinski definition) is 7. The molecule has 0 aliphatic carbocycles. The van der Waals surface area contributed by atoms with E-state index in [2.05, 4.69) is 4.98 Å². The van der Waals surface area contributed by atoms with Gasteiger partial charge in [-0.1, -0.05) is 11.6 Å². The molecule has 1 aromatic carbocycles. The predicted molar refractivity (Wildman–Crippen MR) is 70.4 cm³/mol. The number of hydrogen-bond donors (Lipinski definition) is 3. The summed E-state index contributed by atoms with van der Waals surface area (Å²) in [5.41, 5.74) is -2.03. The highest BCUT2D eigenvalue weighted by Crippen LogP contribution is 2.43. The van der Waals surface area contributed by atoms with Crippen molar-refractivity contribution in [3.8, 4) is 0 Å². The number of rotatable bonds is 3. The maximum atomic E-state index is 11.3. The summed E-state index contributed by atoms with van der Waals surface area (Å²) in [5.74, 6) is 0. The highest BCUT2D eigenvalue weighted by molar-refractivity contribution is 7.89. The van der Waals surface area contributed by atoms with Crippen molar-refractivity contribution < 1.29 is 51.3 Å². The van der Waals surface area contributed by atoms with Crippen LogP contribution in [0.4, 0.5) is 5.69 Å². The van der Waals surface area contributed by atoms with Crippen molar-refractivity contribution in [1.29, 1.82) is 5.39 Å². The van der Waals surface area contributed by atoms with E-state index < -0.39 is 61.3 Å². The second kappa shape index (κ2) is 6.45. The second-order valence-corrected chi connectivity index (χ2v) is 8.25. The maximum Gasteiger partial charge on any atom is 0.411 e. The summed E-state index contributed by atoms with van der Waals surface area (Å²) >= 11 is 5.45. The largest absolute Gasteiger partial charge is 1.00 e. The lowest BCUT2D eigenvalue weighted by Crippen LogP contribution is -3.00. The van der Waals surface area contributed by atoms with Gasteiger partial charge < -0.3 is 12.4 Å². The first-order valence-corrected chi connectivity index (χ1v) is 9.47. The van der Waals surface area contributed by atoms with Crippen LogP contribution in [-0.2, 0) is 30.4 Å². The molecule has 0 fully saturated rings. The van der Waals surface area contributed by atoms with E-state index in [0.29, 0.717) is 0 Å². The lowest BCUT2D eigenvalue weighted by Gasteiger charge is -2.10. The molecule has 0 radical (unpaired) electrons. The fourth-order valence-electron chi connectivity index (χ4n) is 1.65. The number of nitrogens with zero attached hydrogens (tertiary/aromatic N) is 2. The lowest BCUT2D eigenvalue weighted by molar-refractivity contribution is -0.0000170. The van der Waals surface area contributed by atoms with Crippen LogP contribution in [0.1, 0.15) is 5.56 Å². The zero-order valence-corrected chi connectivity index (χ0v) is 14.6. The highest BCUT2D eigenvalue weighted by Gasteiger charge is 2.43. The number of halogens is 2. The minimum Gasteiger partial charge on any atom is -1.00 e. The molecule has 1 rings (SSSR count). The monoisotopic (exact) mass is 428 g/mol. The Morgan fingerprint density at radius 2 is 1.22 bits per heavy atom. The van der Waals surface area contributed by atoms with Crippen LogP contribution in [0.5, 0.6) is 0 Å². The van der Waals surface area contributed by atoms with E-state index in [1.54, 1.807) is 0 Å². The Morgan fingerprint density at radius 3 is 1.48 bits per heavy atom. The van der Waals surface area contributed by atoms with E-state index >= 15 is 0 Å². The van der Waals surface area contributed by atoms with Crippen LogP contribution < -0.4 is 12.4 Å². The van der Waals surface area contributed by atoms with E-state index in [1.165, 1.54) is 0 Å². The summed E-state index contributed by atoms with van der Waals surface area (Å²) in [6, 6.07) is 0. The molecule has 0 amide bonds. The van der Waals surface area contributed by atoms with Crippen LogP contribution in [0.2, 0.25) is 5.02 Å². The van der Waals surface area contributed by atoms with Gasteiger partial charge in [0.15, 0.2) is 4.98 Å². The third-order valence-corrected chi connectivity index (χ3v) is 5.98. The Hall–Kier alpha value is -1.05. The summed E-state index contributed by atoms with van der Waals surface area (Å²) in [5, 5.41) is 7.39. The van der Waals surface area contributed by atoms with E-state index in [-0.39, 0.29) is 12.4 Å². The first-order valence-electron chi connectivity index (χ1n) is 4.77. The molecule has 0 aliphatic heterocycles. The van der Waals surface area contributed by atoms with Crippen LogP contribution in [0.25, 0.3) is 4.98 Å². The van der Waals surface area contributed by atoms with Crippen molar-refractivity contribution in [2.24, 2.45) is 0 Å². The number of benzene rings is 1. The van der Waals surface area contributed by atoms with E-state index in [9.17, 15) is 25.3 Å². The Labute approximate surface area is 141 Å². The summed E-state index contributed by atoms with van der Waals surface area (Å²) in [7, 11) is -16.1. The van der Waals surface area contributed by atoms with Gasteiger partial charge in [-0.2, -0.15) is 25.3 Å². The molecule has 0 spiro atoms. The zero-order valence-electron chi connectivity index (χ0n) is 10.7. The molecule has 1 aromatic rings. The minimum atomic E-state index is -5.50. The SMILES string of the molecule is Cc1c([N+]#N)c(S(=O)(=O)O)c(S(=O)(=O)O)c(Cl)c1S(=O)(=O)O.[Cl-]. The molecule has 0 bridgehead atoms. The fourth-order valence-corrected chi connectivity index (χ4v) is 5.47. The van der Waals surface area contributed by atoms with Crippen molar-refractivity contribution in [2.45, 2.75) is 21.6 Å². The van der Waals surface area contributed by atoms with Gasteiger partial charge in [0.2, 0.25) is 10.3 Å². The number of diazo groups is 1. The van der Waals surface area contributed by atoms with Crippen LogP contribution in [0.15, 0.2) is 14.7 Å². The Morgan fingerprint density at radius 1 is 0.870 bits per heavy atom. The molecule has 0 saturated heterocycles. The average Bonchev–Trinajstić information content (AvgIpc) is 2.22. The van der Waals surface area contributed by atoms with Crippen molar-refractivity contribution in [2.75, 3.05) is 0 Å². The van der Waals surface area contributed by atoms with Gasteiger partial charge in [-0.25, -0.2) is 0 Å². The van der Waals surface area contributed by atoms with E-state index in [4.69, 9.17) is 30.7 Å². The summed E-state index contributed by atoms with van der Waals surface area (Å²) < 4.78 is 94.7. The molecule has 0 saturated carbocycles. The highest BCUT2D eigenvalue weighted by atomic mass is 35.5. The van der Waals surface area contributed by atoms with Gasteiger partial charge in [-0.05, 0) is 6.92 Å². The van der Waals surface area contributed by atoms with Crippen LogP contribution in [0.3, 0.4) is 0 Å². The molecule has 0 atom stereocenters. The Kier molecular flexibility index (Phi) is 6.16. The topological polar surface area (TPSA) is 191 Å². The van der Waals surface area contributed by atoms with Gasteiger partial charge in [-0.3, -0.25) is 13.7 Å². The van der Waals surface area contributed by atoms with Crippen molar-refractivity contribution in [3.63, 3.8) is 0 Å². The molecule has 16 heteroatoms. The van der Waals surface area contributed by atoms with Crippen molar-refractivity contribution in [3.05, 3.63) is 15.6 Å². The normalized spacial score (nSPS) is 12.3. The third kappa shape index (κ3) is 4.08. The zero-order chi connectivity index (χ0) is 17.7. The van der Waals surface area contributed by atoms with Crippen LogP contribution in [-0.4, -0.2) is 38.9 Å².